The average molecular weight is 207 g/mol. The van der Waals surface area contributed by atoms with Gasteiger partial charge < -0.3 is 10.5 Å². The molecule has 1 rings (SSSR count). The van der Waals surface area contributed by atoms with Gasteiger partial charge in [0, 0.05) is 0 Å². The number of nitrogens with two attached hydrogens (primary N) is 1. The molecule has 0 fully saturated rings. The van der Waals surface area contributed by atoms with Crippen molar-refractivity contribution in [1.82, 2.24) is 0 Å². The third-order valence-electron chi connectivity index (χ3n) is 2.15. The van der Waals surface area contributed by atoms with Gasteiger partial charge in [0.25, 0.3) is 0 Å². The number of rotatable bonds is 2. The molecule has 0 radical (unpaired) electrons. The molecule has 0 amide bonds. The lowest BCUT2D eigenvalue weighted by Crippen LogP contribution is -2.23. The summed E-state index contributed by atoms with van der Waals surface area (Å²) in [5, 5.41) is 0. The van der Waals surface area contributed by atoms with E-state index in [-0.39, 0.29) is 24.6 Å². The average Bonchev–Trinajstić information content (AvgIpc) is 2.15. The van der Waals surface area contributed by atoms with E-state index in [4.69, 9.17) is 5.73 Å². The molecule has 2 nitrogen and oxygen atoms in total. The lowest BCUT2D eigenvalue weighted by molar-refractivity contribution is -0.0981. The molecule has 5 heteroatoms. The first-order valence-electron chi connectivity index (χ1n) is 4.21. The van der Waals surface area contributed by atoms with Gasteiger partial charge in [-0.15, -0.1) is 0 Å². The third kappa shape index (κ3) is 2.29. The van der Waals surface area contributed by atoms with Crippen LogP contribution in [0, 0.1) is 5.92 Å². The van der Waals surface area contributed by atoms with Gasteiger partial charge in [-0.3, -0.25) is 0 Å². The van der Waals surface area contributed by atoms with Crippen molar-refractivity contribution in [2.24, 2.45) is 11.7 Å². The van der Waals surface area contributed by atoms with Crippen LogP contribution < -0.4 is 5.73 Å². The molecule has 0 spiro atoms. The Morgan fingerprint density at radius 2 is 2.21 bits per heavy atom. The van der Waals surface area contributed by atoms with Crippen LogP contribution in [0.15, 0.2) is 23.5 Å². The van der Waals surface area contributed by atoms with Gasteiger partial charge in [0.05, 0.1) is 12.7 Å². The van der Waals surface area contributed by atoms with Gasteiger partial charge in [-0.05, 0) is 25.0 Å². The number of hydrogen-bond acceptors (Lipinski definition) is 2. The van der Waals surface area contributed by atoms with Crippen LogP contribution in [0.4, 0.5) is 13.2 Å². The van der Waals surface area contributed by atoms with Crippen LogP contribution in [0.2, 0.25) is 0 Å². The van der Waals surface area contributed by atoms with Crippen LogP contribution in [0.3, 0.4) is 0 Å². The number of ether oxygens (including phenoxy) is 1. The summed E-state index contributed by atoms with van der Waals surface area (Å²) in [6, 6.07) is 0. The molecule has 2 N–H and O–H groups in total. The fraction of sp³-hybridized carbons (Fsp3) is 0.556. The molecule has 1 aliphatic rings. The van der Waals surface area contributed by atoms with Crippen molar-refractivity contribution in [3.05, 3.63) is 23.5 Å². The Bertz CT molecular complexity index is 268. The summed E-state index contributed by atoms with van der Waals surface area (Å²) in [4.78, 5) is 0. The maximum Gasteiger partial charge on any atom is 0.416 e. The van der Waals surface area contributed by atoms with Crippen LogP contribution in [-0.4, -0.2) is 19.8 Å². The molecule has 0 bridgehead atoms. The molecule has 0 heterocycles. The van der Waals surface area contributed by atoms with Crippen LogP contribution in [0.5, 0.6) is 0 Å². The summed E-state index contributed by atoms with van der Waals surface area (Å²) in [7, 11) is 1.23. The molecular weight excluding hydrogens is 195 g/mol. The standard InChI is InChI=1S/C9H12F3NO/c1-14-8-3-2-6(5-13)4-7(8)9(10,11)12/h2-3,6H,4-5,13H2,1H3. The molecular formula is C9H12F3NO. The van der Waals surface area contributed by atoms with Gasteiger partial charge in [0.2, 0.25) is 0 Å². The van der Waals surface area contributed by atoms with E-state index < -0.39 is 11.7 Å². The molecule has 0 aliphatic heterocycles. The van der Waals surface area contributed by atoms with E-state index in [0.717, 1.165) is 0 Å². The number of halogens is 3. The molecule has 0 aromatic rings. The molecule has 0 saturated heterocycles. The first-order valence-corrected chi connectivity index (χ1v) is 4.21. The maximum absolute atomic E-state index is 12.5. The van der Waals surface area contributed by atoms with Crippen LogP contribution in [-0.2, 0) is 4.74 Å². The summed E-state index contributed by atoms with van der Waals surface area (Å²) in [5.41, 5.74) is 4.69. The lowest BCUT2D eigenvalue weighted by atomic mass is 9.93. The predicted molar refractivity (Wildman–Crippen MR) is 46.4 cm³/mol. The van der Waals surface area contributed by atoms with E-state index in [1.807, 2.05) is 0 Å². The Balaban J connectivity index is 2.95. The Kier molecular flexibility index (Phi) is 3.21. The first-order chi connectivity index (χ1) is 6.49. The zero-order chi connectivity index (χ0) is 10.8. The third-order valence-corrected chi connectivity index (χ3v) is 2.15. The second-order valence-electron chi connectivity index (χ2n) is 3.10. The topological polar surface area (TPSA) is 35.2 Å². The molecule has 80 valence electrons. The lowest BCUT2D eigenvalue weighted by Gasteiger charge is -2.22. The Labute approximate surface area is 80.2 Å². The van der Waals surface area contributed by atoms with E-state index in [2.05, 4.69) is 4.74 Å². The number of methoxy groups -OCH3 is 1. The quantitative estimate of drug-likeness (QED) is 0.751. The van der Waals surface area contributed by atoms with Crippen molar-refractivity contribution in [1.29, 1.82) is 0 Å². The fourth-order valence-electron chi connectivity index (χ4n) is 1.36. The summed E-state index contributed by atoms with van der Waals surface area (Å²) in [6.45, 7) is 0.215. The Hall–Kier alpha value is -0.970. The van der Waals surface area contributed by atoms with E-state index in [1.54, 1.807) is 6.08 Å². The zero-order valence-corrected chi connectivity index (χ0v) is 7.77. The summed E-state index contributed by atoms with van der Waals surface area (Å²) < 4.78 is 42.1. The fourth-order valence-corrected chi connectivity index (χ4v) is 1.36. The largest absolute Gasteiger partial charge is 0.496 e. The minimum absolute atomic E-state index is 0.0975. The van der Waals surface area contributed by atoms with Crippen LogP contribution >= 0.6 is 0 Å². The van der Waals surface area contributed by atoms with Crippen molar-refractivity contribution < 1.29 is 17.9 Å². The highest BCUT2D eigenvalue weighted by Crippen LogP contribution is 2.36. The van der Waals surface area contributed by atoms with Gasteiger partial charge in [-0.2, -0.15) is 13.2 Å². The van der Waals surface area contributed by atoms with Crippen molar-refractivity contribution in [2.75, 3.05) is 13.7 Å². The Morgan fingerprint density at radius 3 is 2.64 bits per heavy atom. The monoisotopic (exact) mass is 207 g/mol. The number of alkyl halides is 3. The highest BCUT2D eigenvalue weighted by molar-refractivity contribution is 5.29. The van der Waals surface area contributed by atoms with Crippen LogP contribution in [0.25, 0.3) is 0 Å². The predicted octanol–water partition coefficient (Wildman–Crippen LogP) is 1.98. The molecule has 0 aromatic carbocycles. The van der Waals surface area contributed by atoms with Gasteiger partial charge in [-0.1, -0.05) is 6.08 Å². The normalized spacial score (nSPS) is 22.8. The number of hydrogen-bond donors (Lipinski definition) is 1. The van der Waals surface area contributed by atoms with E-state index in [1.165, 1.54) is 13.2 Å². The van der Waals surface area contributed by atoms with Crippen molar-refractivity contribution in [2.45, 2.75) is 12.6 Å². The highest BCUT2D eigenvalue weighted by Gasteiger charge is 2.38. The van der Waals surface area contributed by atoms with Gasteiger partial charge >= 0.3 is 6.18 Å². The van der Waals surface area contributed by atoms with Crippen molar-refractivity contribution in [3.8, 4) is 0 Å². The van der Waals surface area contributed by atoms with Crippen molar-refractivity contribution >= 4 is 0 Å². The minimum atomic E-state index is -4.33. The second-order valence-corrected chi connectivity index (χ2v) is 3.10. The van der Waals surface area contributed by atoms with E-state index in [9.17, 15) is 13.2 Å². The highest BCUT2D eigenvalue weighted by atomic mass is 19.4. The van der Waals surface area contributed by atoms with E-state index in [0.29, 0.717) is 0 Å². The summed E-state index contributed by atoms with van der Waals surface area (Å²) in [5.74, 6) is -0.354. The maximum atomic E-state index is 12.5. The first kappa shape index (κ1) is 11.1. The van der Waals surface area contributed by atoms with Crippen LogP contribution in [0.1, 0.15) is 6.42 Å². The van der Waals surface area contributed by atoms with E-state index >= 15 is 0 Å². The summed E-state index contributed by atoms with van der Waals surface area (Å²) >= 11 is 0. The molecule has 1 aliphatic carbocycles. The SMILES string of the molecule is COC1=C(C(F)(F)F)CC(CN)C=C1. The van der Waals surface area contributed by atoms with Gasteiger partial charge in [-0.25, -0.2) is 0 Å². The zero-order valence-electron chi connectivity index (χ0n) is 7.77. The second kappa shape index (κ2) is 4.04. The molecule has 0 saturated carbocycles. The minimum Gasteiger partial charge on any atom is -0.496 e. The molecule has 0 aromatic heterocycles. The number of allylic oxidation sites excluding steroid dienone is 2. The molecule has 1 unspecified atom stereocenters. The van der Waals surface area contributed by atoms with Crippen molar-refractivity contribution in [3.63, 3.8) is 0 Å². The smallest absolute Gasteiger partial charge is 0.416 e. The molecule has 1 atom stereocenters. The van der Waals surface area contributed by atoms with Gasteiger partial charge in [0.1, 0.15) is 5.76 Å². The summed E-state index contributed by atoms with van der Waals surface area (Å²) in [6.07, 6.45) is -1.44. The Morgan fingerprint density at radius 1 is 1.57 bits per heavy atom. The van der Waals surface area contributed by atoms with Gasteiger partial charge in [0.15, 0.2) is 0 Å². The molecule has 14 heavy (non-hydrogen) atoms.